The van der Waals surface area contributed by atoms with Gasteiger partial charge < -0.3 is 24.1 Å². The van der Waals surface area contributed by atoms with Gasteiger partial charge in [-0.05, 0) is 47.5 Å². The average Bonchev–Trinajstić information content (AvgIpc) is 2.79. The highest BCUT2D eigenvalue weighted by atomic mass is 79.9. The largest absolute Gasteiger partial charge is 0.454 e. The van der Waals surface area contributed by atoms with Crippen LogP contribution in [0.25, 0.3) is 12.2 Å². The second kappa shape index (κ2) is 12.2. The maximum atomic E-state index is 12.3. The van der Waals surface area contributed by atoms with Crippen molar-refractivity contribution in [3.63, 3.8) is 0 Å². The van der Waals surface area contributed by atoms with Crippen molar-refractivity contribution >= 4 is 56.0 Å². The van der Waals surface area contributed by atoms with E-state index in [1.807, 2.05) is 48.5 Å². The lowest BCUT2D eigenvalue weighted by atomic mass is 10.0. The van der Waals surface area contributed by atoms with Crippen LogP contribution in [-0.4, -0.2) is 55.4 Å². The third kappa shape index (κ3) is 7.62. The Labute approximate surface area is 208 Å². The van der Waals surface area contributed by atoms with Gasteiger partial charge in [0.25, 0.3) is 0 Å². The third-order valence-corrected chi connectivity index (χ3v) is 5.67. The van der Waals surface area contributed by atoms with Crippen LogP contribution in [0.3, 0.4) is 0 Å². The van der Waals surface area contributed by atoms with Crippen molar-refractivity contribution in [2.75, 3.05) is 13.7 Å². The molecule has 1 aliphatic heterocycles. The Morgan fingerprint density at radius 2 is 1.52 bits per heavy atom. The molecular formula is C24H22Br2O7. The van der Waals surface area contributed by atoms with Crippen LogP contribution in [-0.2, 0) is 28.5 Å². The van der Waals surface area contributed by atoms with Crippen LogP contribution in [0, 0.1) is 0 Å². The SMILES string of the molecule is CO[C@@H]1OC[C@@H](OC(=O)/C=C/c2cccc(Br)c2)[C@H](O)[C@H]1OC(=O)/C=C/c1cccc(Br)c1. The number of benzene rings is 2. The van der Waals surface area contributed by atoms with E-state index in [4.69, 9.17) is 18.9 Å². The van der Waals surface area contributed by atoms with Gasteiger partial charge in [-0.25, -0.2) is 9.59 Å². The second-order valence-corrected chi connectivity index (χ2v) is 8.91. The molecule has 9 heteroatoms. The molecule has 174 valence electrons. The fourth-order valence-corrected chi connectivity index (χ4v) is 3.93. The number of hydrogen-bond donors (Lipinski definition) is 1. The summed E-state index contributed by atoms with van der Waals surface area (Å²) < 4.78 is 23.1. The van der Waals surface area contributed by atoms with Crippen molar-refractivity contribution in [1.82, 2.24) is 0 Å². The monoisotopic (exact) mass is 580 g/mol. The third-order valence-electron chi connectivity index (χ3n) is 4.68. The van der Waals surface area contributed by atoms with E-state index < -0.39 is 36.5 Å². The second-order valence-electron chi connectivity index (χ2n) is 7.08. The number of ether oxygens (including phenoxy) is 4. The summed E-state index contributed by atoms with van der Waals surface area (Å²) in [4.78, 5) is 24.6. The van der Waals surface area contributed by atoms with E-state index in [1.165, 1.54) is 19.3 Å². The van der Waals surface area contributed by atoms with Crippen molar-refractivity contribution in [2.45, 2.75) is 24.6 Å². The molecule has 0 bridgehead atoms. The highest BCUT2D eigenvalue weighted by molar-refractivity contribution is 9.10. The van der Waals surface area contributed by atoms with Gasteiger partial charge >= 0.3 is 11.9 Å². The fourth-order valence-electron chi connectivity index (χ4n) is 3.10. The Morgan fingerprint density at radius 1 is 0.970 bits per heavy atom. The molecule has 0 unspecified atom stereocenters. The number of esters is 2. The Bertz CT molecular complexity index is 1040. The molecule has 7 nitrogen and oxygen atoms in total. The van der Waals surface area contributed by atoms with Crippen molar-refractivity contribution in [2.24, 2.45) is 0 Å². The number of halogens is 2. The topological polar surface area (TPSA) is 91.3 Å². The van der Waals surface area contributed by atoms with Gasteiger partial charge in [-0.2, -0.15) is 0 Å². The molecule has 2 aromatic rings. The predicted molar refractivity (Wildman–Crippen MR) is 129 cm³/mol. The van der Waals surface area contributed by atoms with E-state index in [0.717, 1.165) is 20.1 Å². The molecule has 2 aromatic carbocycles. The van der Waals surface area contributed by atoms with Gasteiger partial charge in [0.05, 0.1) is 6.61 Å². The molecule has 0 saturated carbocycles. The zero-order valence-electron chi connectivity index (χ0n) is 17.6. The number of methoxy groups -OCH3 is 1. The van der Waals surface area contributed by atoms with Gasteiger partial charge in [0.2, 0.25) is 0 Å². The molecule has 33 heavy (non-hydrogen) atoms. The van der Waals surface area contributed by atoms with E-state index in [-0.39, 0.29) is 6.61 Å². The quantitative estimate of drug-likeness (QED) is 0.388. The van der Waals surface area contributed by atoms with Crippen LogP contribution in [0.5, 0.6) is 0 Å². The molecule has 4 atom stereocenters. The van der Waals surface area contributed by atoms with Crippen LogP contribution in [0.15, 0.2) is 69.6 Å². The molecule has 0 radical (unpaired) electrons. The summed E-state index contributed by atoms with van der Waals surface area (Å²) in [5.74, 6) is -1.37. The lowest BCUT2D eigenvalue weighted by molar-refractivity contribution is -0.269. The van der Waals surface area contributed by atoms with Crippen molar-refractivity contribution < 1.29 is 33.6 Å². The maximum Gasteiger partial charge on any atom is 0.331 e. The van der Waals surface area contributed by atoms with Crippen molar-refractivity contribution in [3.8, 4) is 0 Å². The summed E-state index contributed by atoms with van der Waals surface area (Å²) in [7, 11) is 1.36. The van der Waals surface area contributed by atoms with Crippen LogP contribution in [0.4, 0.5) is 0 Å². The smallest absolute Gasteiger partial charge is 0.331 e. The molecule has 3 rings (SSSR count). The molecule has 1 N–H and O–H groups in total. The lowest BCUT2D eigenvalue weighted by Gasteiger charge is -2.37. The van der Waals surface area contributed by atoms with Gasteiger partial charge in [0.1, 0.15) is 6.10 Å². The van der Waals surface area contributed by atoms with E-state index in [2.05, 4.69) is 31.9 Å². The van der Waals surface area contributed by atoms with E-state index in [9.17, 15) is 14.7 Å². The summed E-state index contributed by atoms with van der Waals surface area (Å²) >= 11 is 6.73. The zero-order valence-corrected chi connectivity index (χ0v) is 20.8. The normalized spacial score (nSPS) is 23.0. The van der Waals surface area contributed by atoms with Gasteiger partial charge in [-0.1, -0.05) is 56.1 Å². The number of carbonyl (C=O) groups is 2. The molecule has 0 aromatic heterocycles. The summed E-state index contributed by atoms with van der Waals surface area (Å²) in [6, 6.07) is 14.7. The number of hydrogen-bond acceptors (Lipinski definition) is 7. The molecule has 1 aliphatic rings. The first-order valence-corrected chi connectivity index (χ1v) is 11.6. The molecule has 1 saturated heterocycles. The summed E-state index contributed by atoms with van der Waals surface area (Å²) in [6.07, 6.45) is 1.08. The standard InChI is InChI=1S/C24H22Br2O7/c1-30-24-23(33-21(28)11-9-16-5-3-7-18(26)13-16)22(29)19(14-31-24)32-20(27)10-8-15-4-2-6-17(25)12-15/h2-13,19,22-24,29H,14H2,1H3/b10-8+,11-9+/t19-,22+,23-,24-/m1/s1. The first kappa shape index (κ1) is 25.3. The van der Waals surface area contributed by atoms with Gasteiger partial charge in [0.15, 0.2) is 18.5 Å². The Hall–Kier alpha value is -2.30. The Balaban J connectivity index is 1.61. The van der Waals surface area contributed by atoms with E-state index in [0.29, 0.717) is 0 Å². The van der Waals surface area contributed by atoms with Gasteiger partial charge in [-0.15, -0.1) is 0 Å². The van der Waals surface area contributed by atoms with E-state index >= 15 is 0 Å². The summed E-state index contributed by atoms with van der Waals surface area (Å²) in [6.45, 7) is -0.113. The first-order chi connectivity index (χ1) is 15.9. The minimum Gasteiger partial charge on any atom is -0.454 e. The van der Waals surface area contributed by atoms with Crippen LogP contribution < -0.4 is 0 Å². The highest BCUT2D eigenvalue weighted by Crippen LogP contribution is 2.22. The van der Waals surface area contributed by atoms with Crippen LogP contribution in [0.1, 0.15) is 11.1 Å². The Morgan fingerprint density at radius 3 is 2.03 bits per heavy atom. The minimum atomic E-state index is -1.34. The summed E-state index contributed by atoms with van der Waals surface area (Å²) in [5.41, 5.74) is 1.58. The average molecular weight is 582 g/mol. The maximum absolute atomic E-state index is 12.3. The van der Waals surface area contributed by atoms with Crippen LogP contribution >= 0.6 is 31.9 Å². The highest BCUT2D eigenvalue weighted by Gasteiger charge is 2.44. The molecule has 1 heterocycles. The number of aliphatic hydroxyl groups is 1. The lowest BCUT2D eigenvalue weighted by Crippen LogP contribution is -2.56. The minimum absolute atomic E-state index is 0.113. The molecule has 0 amide bonds. The first-order valence-electron chi connectivity index (χ1n) is 9.96. The van der Waals surface area contributed by atoms with Crippen molar-refractivity contribution in [3.05, 3.63) is 80.8 Å². The van der Waals surface area contributed by atoms with E-state index in [1.54, 1.807) is 12.2 Å². The number of carbonyl (C=O) groups excluding carboxylic acids is 2. The number of aliphatic hydroxyl groups excluding tert-OH is 1. The van der Waals surface area contributed by atoms with Gasteiger partial charge in [0, 0.05) is 28.2 Å². The zero-order chi connectivity index (χ0) is 23.8. The Kier molecular flexibility index (Phi) is 9.40. The summed E-state index contributed by atoms with van der Waals surface area (Å²) in [5, 5.41) is 10.7. The van der Waals surface area contributed by atoms with Gasteiger partial charge in [-0.3, -0.25) is 0 Å². The van der Waals surface area contributed by atoms with Crippen molar-refractivity contribution in [1.29, 1.82) is 0 Å². The molecule has 1 fully saturated rings. The number of rotatable bonds is 7. The molecule has 0 spiro atoms. The molecule has 0 aliphatic carbocycles. The predicted octanol–water partition coefficient (Wildman–Crippen LogP) is 4.13. The van der Waals surface area contributed by atoms with Crippen LogP contribution in [0.2, 0.25) is 0 Å². The fraction of sp³-hybridized carbons (Fsp3) is 0.250. The molecular weight excluding hydrogens is 560 g/mol.